The standard InChI is InChI=1S/C24H24N4O5S2/c1-2-15-4-3-5-16(6-15)7-17-8-22(34-13-17)23(30)20-11-26-14-27-24(20)28-19-9-18(21(29)10-19)12-33-35(25,31)32/h1,3-6,8,11,13-14,18-19,21,29H,7,9-10,12H2,(H2,25,31,32)(H,26,27,28)/t18-,19-,21+/m1/s1. The van der Waals surface area contributed by atoms with Crippen LogP contribution in [0, 0.1) is 18.3 Å². The van der Waals surface area contributed by atoms with E-state index in [0.29, 0.717) is 35.5 Å². The number of anilines is 1. The Morgan fingerprint density at radius 2 is 2.14 bits per heavy atom. The van der Waals surface area contributed by atoms with Crippen LogP contribution < -0.4 is 10.5 Å². The minimum absolute atomic E-state index is 0.212. The SMILES string of the molecule is C#Cc1cccc(Cc2csc(C(=O)c3cncnc3N[C@@H]3C[C@H](COS(N)(=O)=O)[C@@H](O)C3)c2)c1. The Bertz CT molecular complexity index is 1370. The molecule has 1 fully saturated rings. The maximum atomic E-state index is 13.3. The van der Waals surface area contributed by atoms with E-state index in [1.165, 1.54) is 23.9 Å². The molecule has 3 aromatic rings. The number of aromatic nitrogens is 2. The van der Waals surface area contributed by atoms with Crippen LogP contribution in [0.25, 0.3) is 0 Å². The zero-order valence-electron chi connectivity index (χ0n) is 18.6. The molecule has 0 aliphatic heterocycles. The van der Waals surface area contributed by atoms with E-state index >= 15 is 0 Å². The van der Waals surface area contributed by atoms with Crippen LogP contribution in [0.2, 0.25) is 0 Å². The maximum Gasteiger partial charge on any atom is 0.333 e. The van der Waals surface area contributed by atoms with Gasteiger partial charge in [0.25, 0.3) is 0 Å². The molecule has 1 aliphatic carbocycles. The molecule has 1 aliphatic rings. The van der Waals surface area contributed by atoms with E-state index in [0.717, 1.165) is 16.7 Å². The Kier molecular flexibility index (Phi) is 7.59. The summed E-state index contributed by atoms with van der Waals surface area (Å²) < 4.78 is 26.7. The van der Waals surface area contributed by atoms with E-state index in [-0.39, 0.29) is 18.4 Å². The second kappa shape index (κ2) is 10.6. The molecule has 2 aromatic heterocycles. The van der Waals surface area contributed by atoms with Gasteiger partial charge in [-0.05, 0) is 54.0 Å². The normalized spacial score (nSPS) is 19.9. The van der Waals surface area contributed by atoms with Gasteiger partial charge in [0, 0.05) is 23.7 Å². The number of benzene rings is 1. The molecule has 4 rings (SSSR count). The molecular weight excluding hydrogens is 488 g/mol. The highest BCUT2D eigenvalue weighted by Crippen LogP contribution is 2.30. The van der Waals surface area contributed by atoms with Gasteiger partial charge in [-0.2, -0.15) is 8.42 Å². The molecule has 1 saturated carbocycles. The number of carbonyl (C=O) groups excluding carboxylic acids is 1. The maximum absolute atomic E-state index is 13.3. The van der Waals surface area contributed by atoms with Crippen molar-refractivity contribution in [2.75, 3.05) is 11.9 Å². The Morgan fingerprint density at radius 3 is 2.91 bits per heavy atom. The lowest BCUT2D eigenvalue weighted by Crippen LogP contribution is -2.24. The number of aliphatic hydroxyl groups excluding tert-OH is 1. The van der Waals surface area contributed by atoms with Crippen LogP contribution in [-0.4, -0.2) is 48.0 Å². The largest absolute Gasteiger partial charge is 0.393 e. The second-order valence-electron chi connectivity index (χ2n) is 8.37. The van der Waals surface area contributed by atoms with Crippen molar-refractivity contribution in [3.8, 4) is 12.3 Å². The number of hydrogen-bond donors (Lipinski definition) is 3. The van der Waals surface area contributed by atoms with Crippen LogP contribution in [0.3, 0.4) is 0 Å². The highest BCUT2D eigenvalue weighted by Gasteiger charge is 2.34. The molecule has 0 radical (unpaired) electrons. The zero-order valence-corrected chi connectivity index (χ0v) is 20.3. The van der Waals surface area contributed by atoms with E-state index < -0.39 is 22.3 Å². The van der Waals surface area contributed by atoms with Gasteiger partial charge in [0.1, 0.15) is 12.1 Å². The summed E-state index contributed by atoms with van der Waals surface area (Å²) in [6, 6.07) is 9.34. The third kappa shape index (κ3) is 6.50. The van der Waals surface area contributed by atoms with Crippen molar-refractivity contribution in [1.82, 2.24) is 9.97 Å². The molecule has 0 bridgehead atoms. The fraction of sp³-hybridized carbons (Fsp3) is 0.292. The van der Waals surface area contributed by atoms with Gasteiger partial charge in [-0.15, -0.1) is 17.8 Å². The fourth-order valence-corrected chi connectivity index (χ4v) is 5.34. The number of rotatable bonds is 9. The summed E-state index contributed by atoms with van der Waals surface area (Å²) in [6.07, 6.45) is 8.92. The van der Waals surface area contributed by atoms with E-state index in [2.05, 4.69) is 25.4 Å². The summed E-state index contributed by atoms with van der Waals surface area (Å²) in [5.41, 5.74) is 3.18. The zero-order chi connectivity index (χ0) is 25.0. The average Bonchev–Trinajstić information content (AvgIpc) is 3.43. The molecule has 9 nitrogen and oxygen atoms in total. The lowest BCUT2D eigenvalue weighted by molar-refractivity contribution is 0.101. The summed E-state index contributed by atoms with van der Waals surface area (Å²) in [5, 5.41) is 20.3. The number of terminal acetylenes is 1. The van der Waals surface area contributed by atoms with Gasteiger partial charge in [-0.25, -0.2) is 15.1 Å². The minimum Gasteiger partial charge on any atom is -0.393 e. The van der Waals surface area contributed by atoms with E-state index in [1.807, 2.05) is 35.7 Å². The first kappa shape index (κ1) is 25.0. The molecule has 0 saturated heterocycles. The molecule has 1 aromatic carbocycles. The molecule has 3 atom stereocenters. The molecule has 35 heavy (non-hydrogen) atoms. The van der Waals surface area contributed by atoms with Gasteiger partial charge in [0.2, 0.25) is 5.78 Å². The summed E-state index contributed by atoms with van der Waals surface area (Å²) in [5.74, 6) is 2.35. The monoisotopic (exact) mass is 512 g/mol. The highest BCUT2D eigenvalue weighted by atomic mass is 32.2. The molecule has 2 heterocycles. The van der Waals surface area contributed by atoms with Gasteiger partial charge >= 0.3 is 10.3 Å². The van der Waals surface area contributed by atoms with Crippen LogP contribution in [0.5, 0.6) is 0 Å². The van der Waals surface area contributed by atoms with Crippen molar-refractivity contribution in [3.05, 3.63) is 75.4 Å². The number of hydrogen-bond acceptors (Lipinski definition) is 9. The summed E-state index contributed by atoms with van der Waals surface area (Å²) in [4.78, 5) is 22.1. The Morgan fingerprint density at radius 1 is 1.31 bits per heavy atom. The lowest BCUT2D eigenvalue weighted by Gasteiger charge is -2.15. The number of carbonyl (C=O) groups is 1. The van der Waals surface area contributed by atoms with E-state index in [1.54, 1.807) is 0 Å². The van der Waals surface area contributed by atoms with Gasteiger partial charge in [-0.1, -0.05) is 18.1 Å². The van der Waals surface area contributed by atoms with Crippen molar-refractivity contribution in [3.63, 3.8) is 0 Å². The first-order valence-corrected chi connectivity index (χ1v) is 13.2. The Balaban J connectivity index is 1.45. The van der Waals surface area contributed by atoms with Crippen molar-refractivity contribution in [2.45, 2.75) is 31.4 Å². The average molecular weight is 513 g/mol. The molecule has 182 valence electrons. The number of thiophene rings is 1. The number of ketones is 1. The number of nitrogens with zero attached hydrogens (tertiary/aromatic N) is 2. The summed E-state index contributed by atoms with van der Waals surface area (Å²) in [7, 11) is -4.09. The summed E-state index contributed by atoms with van der Waals surface area (Å²) >= 11 is 1.34. The number of nitrogens with one attached hydrogen (secondary N) is 1. The lowest BCUT2D eigenvalue weighted by atomic mass is 10.0. The first-order valence-electron chi connectivity index (χ1n) is 10.8. The first-order chi connectivity index (χ1) is 16.7. The predicted molar refractivity (Wildman–Crippen MR) is 132 cm³/mol. The number of aliphatic hydroxyl groups is 1. The Hall–Kier alpha value is -3.14. The third-order valence-corrected chi connectivity index (χ3v) is 7.22. The van der Waals surface area contributed by atoms with Crippen LogP contribution in [-0.2, 0) is 20.9 Å². The smallest absolute Gasteiger partial charge is 0.333 e. The van der Waals surface area contributed by atoms with E-state index in [4.69, 9.17) is 11.6 Å². The molecular formula is C24H24N4O5S2. The van der Waals surface area contributed by atoms with Gasteiger partial charge in [0.05, 0.1) is 23.2 Å². The fourth-order valence-electron chi connectivity index (χ4n) is 4.11. The topological polar surface area (TPSA) is 144 Å². The third-order valence-electron chi connectivity index (χ3n) is 5.78. The van der Waals surface area contributed by atoms with Gasteiger partial charge in [0.15, 0.2) is 0 Å². The van der Waals surface area contributed by atoms with Crippen LogP contribution in [0.1, 0.15) is 44.8 Å². The van der Waals surface area contributed by atoms with Crippen molar-refractivity contribution >= 4 is 33.2 Å². The van der Waals surface area contributed by atoms with Crippen LogP contribution >= 0.6 is 11.3 Å². The second-order valence-corrected chi connectivity index (χ2v) is 10.5. The molecule has 0 spiro atoms. The summed E-state index contributed by atoms with van der Waals surface area (Å²) in [6.45, 7) is -0.212. The van der Waals surface area contributed by atoms with Crippen LogP contribution in [0.15, 0.2) is 48.2 Å². The van der Waals surface area contributed by atoms with Crippen LogP contribution in [0.4, 0.5) is 5.82 Å². The predicted octanol–water partition coefficient (Wildman–Crippen LogP) is 2.11. The highest BCUT2D eigenvalue weighted by molar-refractivity contribution is 7.84. The van der Waals surface area contributed by atoms with Gasteiger partial charge < -0.3 is 10.4 Å². The van der Waals surface area contributed by atoms with Crippen molar-refractivity contribution in [2.24, 2.45) is 11.1 Å². The van der Waals surface area contributed by atoms with Crippen molar-refractivity contribution in [1.29, 1.82) is 0 Å². The van der Waals surface area contributed by atoms with E-state index in [9.17, 15) is 18.3 Å². The quantitative estimate of drug-likeness (QED) is 0.292. The molecule has 0 amide bonds. The molecule has 0 unspecified atom stereocenters. The minimum atomic E-state index is -4.09. The molecule has 11 heteroatoms. The van der Waals surface area contributed by atoms with Crippen molar-refractivity contribution < 1.29 is 22.5 Å². The van der Waals surface area contributed by atoms with Gasteiger partial charge in [-0.3, -0.25) is 8.98 Å². The number of nitrogens with two attached hydrogens (primary N) is 1. The Labute approximate surface area is 207 Å². The molecule has 4 N–H and O–H groups in total.